The second kappa shape index (κ2) is 7.55. The van der Waals surface area contributed by atoms with Crippen LogP contribution in [0.1, 0.15) is 48.5 Å². The van der Waals surface area contributed by atoms with E-state index in [9.17, 15) is 18.0 Å². The number of nitrogens with zero attached hydrogens (tertiary/aromatic N) is 5. The minimum absolute atomic E-state index is 0.130. The Hall–Kier alpha value is -2.23. The molecule has 0 unspecified atom stereocenters. The van der Waals surface area contributed by atoms with Crippen LogP contribution in [0, 0.1) is 6.92 Å². The number of halogens is 3. The average Bonchev–Trinajstić information content (AvgIpc) is 3.13. The van der Waals surface area contributed by atoms with Crippen molar-refractivity contribution in [3.05, 3.63) is 34.2 Å². The summed E-state index contributed by atoms with van der Waals surface area (Å²) in [6.45, 7) is 3.59. The number of carbonyl (C=O) groups excluding carboxylic acids is 1. The van der Waals surface area contributed by atoms with Crippen molar-refractivity contribution >= 4 is 23.1 Å². The largest absolute Gasteiger partial charge is 0.433 e. The van der Waals surface area contributed by atoms with Crippen molar-refractivity contribution in [3.8, 4) is 0 Å². The molecule has 4 heterocycles. The molecule has 10 heteroatoms. The fourth-order valence-corrected chi connectivity index (χ4v) is 4.98. The van der Waals surface area contributed by atoms with Crippen LogP contribution in [0.25, 0.3) is 0 Å². The molecule has 0 radical (unpaired) electrons. The average molecular weight is 425 g/mol. The monoisotopic (exact) mass is 425 g/mol. The molecule has 2 aliphatic heterocycles. The predicted octanol–water partition coefficient (Wildman–Crippen LogP) is 3.81. The van der Waals surface area contributed by atoms with Crippen LogP contribution in [0.3, 0.4) is 0 Å². The first kappa shape index (κ1) is 20.1. The smallest absolute Gasteiger partial charge is 0.356 e. The van der Waals surface area contributed by atoms with Crippen LogP contribution in [-0.4, -0.2) is 44.4 Å². The van der Waals surface area contributed by atoms with E-state index in [-0.39, 0.29) is 17.3 Å². The molecule has 2 saturated heterocycles. The number of thiazole rings is 1. The van der Waals surface area contributed by atoms with Gasteiger partial charge >= 0.3 is 6.18 Å². The Bertz CT molecular complexity index is 902. The molecule has 0 N–H and O–H groups in total. The number of anilines is 1. The van der Waals surface area contributed by atoms with Gasteiger partial charge in [-0.2, -0.15) is 13.2 Å². The van der Waals surface area contributed by atoms with Crippen molar-refractivity contribution in [2.24, 2.45) is 0 Å². The van der Waals surface area contributed by atoms with Gasteiger partial charge in [0.15, 0.2) is 0 Å². The zero-order chi connectivity index (χ0) is 20.6. The van der Waals surface area contributed by atoms with Gasteiger partial charge in [0.25, 0.3) is 0 Å². The Kier molecular flexibility index (Phi) is 5.22. The molecule has 156 valence electrons. The lowest BCUT2D eigenvalue weighted by atomic mass is 9.87. The first-order chi connectivity index (χ1) is 13.8. The Balaban J connectivity index is 1.52. The molecule has 2 aromatic heterocycles. The van der Waals surface area contributed by atoms with Crippen LogP contribution in [0.5, 0.6) is 0 Å². The summed E-state index contributed by atoms with van der Waals surface area (Å²) in [7, 11) is 0. The van der Waals surface area contributed by atoms with Crippen LogP contribution in [0.15, 0.2) is 17.8 Å². The molecule has 0 aromatic carbocycles. The lowest BCUT2D eigenvalue weighted by Crippen LogP contribution is -2.46. The van der Waals surface area contributed by atoms with E-state index in [0.29, 0.717) is 32.5 Å². The minimum atomic E-state index is -4.49. The van der Waals surface area contributed by atoms with Gasteiger partial charge in [0.1, 0.15) is 17.8 Å². The summed E-state index contributed by atoms with van der Waals surface area (Å²) in [5.41, 5.74) is -0.296. The SMILES string of the molecule is Cc1nc(CN2C(=O)CC[C@]23CCCN(c2cc(C(F)(F)F)ncn2)CC3)cs1. The van der Waals surface area contributed by atoms with E-state index >= 15 is 0 Å². The van der Waals surface area contributed by atoms with Crippen LogP contribution < -0.4 is 4.90 Å². The lowest BCUT2D eigenvalue weighted by Gasteiger charge is -2.38. The molecular formula is C19H22F3N5OS. The highest BCUT2D eigenvalue weighted by atomic mass is 32.1. The number of alkyl halides is 3. The second-order valence-corrected chi connectivity index (χ2v) is 8.72. The van der Waals surface area contributed by atoms with E-state index in [0.717, 1.165) is 42.4 Å². The number of hydrogen-bond acceptors (Lipinski definition) is 6. The van der Waals surface area contributed by atoms with Crippen LogP contribution in [-0.2, 0) is 17.5 Å². The molecule has 2 fully saturated rings. The molecule has 2 aliphatic rings. The van der Waals surface area contributed by atoms with Crippen molar-refractivity contribution in [1.82, 2.24) is 19.9 Å². The van der Waals surface area contributed by atoms with E-state index in [1.54, 1.807) is 11.3 Å². The third kappa shape index (κ3) is 4.08. The fraction of sp³-hybridized carbons (Fsp3) is 0.579. The van der Waals surface area contributed by atoms with Gasteiger partial charge in [0.05, 0.1) is 17.2 Å². The molecule has 1 amide bonds. The number of likely N-dealkylation sites (tertiary alicyclic amines) is 1. The molecule has 29 heavy (non-hydrogen) atoms. The molecule has 6 nitrogen and oxygen atoms in total. The molecule has 2 aromatic rings. The first-order valence-corrected chi connectivity index (χ1v) is 10.5. The Morgan fingerprint density at radius 2 is 2.03 bits per heavy atom. The standard InChI is InChI=1S/C19H22F3N5OS/c1-13-25-14(11-29-13)10-27-17(28)3-5-18(27)4-2-7-26(8-6-18)16-9-15(19(20,21)22)23-12-24-16/h9,11-12H,2-8,10H2,1H3/t18-/m0/s1. The van der Waals surface area contributed by atoms with Gasteiger partial charge in [0, 0.05) is 36.5 Å². The van der Waals surface area contributed by atoms with Crippen LogP contribution in [0.2, 0.25) is 0 Å². The quantitative estimate of drug-likeness (QED) is 0.748. The second-order valence-electron chi connectivity index (χ2n) is 7.66. The van der Waals surface area contributed by atoms with Crippen molar-refractivity contribution in [2.75, 3.05) is 18.0 Å². The fourth-order valence-electron chi connectivity index (χ4n) is 4.38. The van der Waals surface area contributed by atoms with Crippen molar-refractivity contribution in [2.45, 2.75) is 57.3 Å². The lowest BCUT2D eigenvalue weighted by molar-refractivity contribution is -0.141. The molecule has 1 atom stereocenters. The summed E-state index contributed by atoms with van der Waals surface area (Å²) in [5, 5.41) is 2.95. The molecule has 0 saturated carbocycles. The number of amides is 1. The number of aryl methyl sites for hydroxylation is 1. The highest BCUT2D eigenvalue weighted by Crippen LogP contribution is 2.41. The number of aromatic nitrogens is 3. The minimum Gasteiger partial charge on any atom is -0.356 e. The number of carbonyl (C=O) groups is 1. The third-order valence-corrected chi connectivity index (χ3v) is 6.67. The van der Waals surface area contributed by atoms with E-state index in [4.69, 9.17) is 0 Å². The van der Waals surface area contributed by atoms with Crippen LogP contribution >= 0.6 is 11.3 Å². The maximum Gasteiger partial charge on any atom is 0.433 e. The predicted molar refractivity (Wildman–Crippen MR) is 102 cm³/mol. The summed E-state index contributed by atoms with van der Waals surface area (Å²) in [4.78, 5) is 28.4. The highest BCUT2D eigenvalue weighted by molar-refractivity contribution is 7.09. The summed E-state index contributed by atoms with van der Waals surface area (Å²) in [5.74, 6) is 0.417. The molecule has 1 spiro atoms. The topological polar surface area (TPSA) is 62.2 Å². The van der Waals surface area contributed by atoms with Gasteiger partial charge in [-0.3, -0.25) is 4.79 Å². The van der Waals surface area contributed by atoms with Gasteiger partial charge < -0.3 is 9.80 Å². The van der Waals surface area contributed by atoms with Crippen molar-refractivity contribution in [3.63, 3.8) is 0 Å². The molecule has 0 aliphatic carbocycles. The summed E-state index contributed by atoms with van der Waals surface area (Å²) in [6, 6.07) is 1.01. The maximum absolute atomic E-state index is 13.0. The Labute approximate surface area is 170 Å². The van der Waals surface area contributed by atoms with E-state index < -0.39 is 11.9 Å². The van der Waals surface area contributed by atoms with E-state index in [2.05, 4.69) is 15.0 Å². The third-order valence-electron chi connectivity index (χ3n) is 5.85. The molecule has 0 bridgehead atoms. The van der Waals surface area contributed by atoms with Crippen molar-refractivity contribution in [1.29, 1.82) is 0 Å². The Morgan fingerprint density at radius 3 is 2.76 bits per heavy atom. The normalized spacial score (nSPS) is 23.1. The Morgan fingerprint density at radius 1 is 1.21 bits per heavy atom. The van der Waals surface area contributed by atoms with Gasteiger partial charge in [-0.1, -0.05) is 0 Å². The zero-order valence-corrected chi connectivity index (χ0v) is 16.9. The summed E-state index contributed by atoms with van der Waals surface area (Å²) >= 11 is 1.57. The van der Waals surface area contributed by atoms with Crippen molar-refractivity contribution < 1.29 is 18.0 Å². The molecular weight excluding hydrogens is 403 g/mol. The van der Waals surface area contributed by atoms with Gasteiger partial charge in [-0.05, 0) is 32.6 Å². The molecule has 4 rings (SSSR count). The number of rotatable bonds is 3. The maximum atomic E-state index is 13.0. The summed E-state index contributed by atoms with van der Waals surface area (Å²) in [6.07, 6.45) is 0.0725. The highest BCUT2D eigenvalue weighted by Gasteiger charge is 2.46. The summed E-state index contributed by atoms with van der Waals surface area (Å²) < 4.78 is 39.0. The number of hydrogen-bond donors (Lipinski definition) is 0. The zero-order valence-electron chi connectivity index (χ0n) is 16.1. The van der Waals surface area contributed by atoms with E-state index in [1.165, 1.54) is 0 Å². The van der Waals surface area contributed by atoms with Gasteiger partial charge in [0.2, 0.25) is 5.91 Å². The van der Waals surface area contributed by atoms with Crippen LogP contribution in [0.4, 0.5) is 19.0 Å². The first-order valence-electron chi connectivity index (χ1n) is 9.63. The van der Waals surface area contributed by atoms with E-state index in [1.807, 2.05) is 22.1 Å². The van der Waals surface area contributed by atoms with Gasteiger partial charge in [-0.15, -0.1) is 11.3 Å². The van der Waals surface area contributed by atoms with Gasteiger partial charge in [-0.25, -0.2) is 15.0 Å².